The van der Waals surface area contributed by atoms with Gasteiger partial charge in [-0.15, -0.1) is 0 Å². The summed E-state index contributed by atoms with van der Waals surface area (Å²) in [6.45, 7) is 4.56. The van der Waals surface area contributed by atoms with Crippen LogP contribution in [0.3, 0.4) is 0 Å². The largest absolute Gasteiger partial charge is 0.465 e. The zero-order valence-corrected chi connectivity index (χ0v) is 15.3. The molecule has 0 amide bonds. The molecule has 2 aliphatic carbocycles. The predicted molar refractivity (Wildman–Crippen MR) is 99.5 cm³/mol. The molecular formula is C20H29N3O2. The van der Waals surface area contributed by atoms with Gasteiger partial charge in [0.1, 0.15) is 0 Å². The average molecular weight is 343 g/mol. The molecule has 5 heteroatoms. The molecule has 2 fully saturated rings. The fourth-order valence-electron chi connectivity index (χ4n) is 3.36. The smallest absolute Gasteiger partial charge is 0.337 e. The Morgan fingerprint density at radius 3 is 2.32 bits per heavy atom. The summed E-state index contributed by atoms with van der Waals surface area (Å²) in [4.78, 5) is 16.2. The Hall–Kier alpha value is -2.04. The van der Waals surface area contributed by atoms with E-state index < -0.39 is 0 Å². The van der Waals surface area contributed by atoms with E-state index in [0.29, 0.717) is 12.1 Å². The van der Waals surface area contributed by atoms with Crippen molar-refractivity contribution in [2.45, 2.75) is 39.2 Å². The minimum atomic E-state index is -0.309. The number of benzene rings is 1. The average Bonchev–Trinajstić information content (AvgIpc) is 3.53. The van der Waals surface area contributed by atoms with E-state index in [2.05, 4.69) is 22.5 Å². The molecule has 2 N–H and O–H groups in total. The van der Waals surface area contributed by atoms with Gasteiger partial charge in [0.25, 0.3) is 0 Å². The zero-order chi connectivity index (χ0) is 17.6. The highest BCUT2D eigenvalue weighted by Gasteiger charge is 2.41. The standard InChI is InChI=1S/C20H29N3O2/c1-3-21-20(23-13-18(15-8-9-15)16-10-11-16)22-12-14-4-6-17(7-5-14)19(24)25-2/h4-7,15-16,18H,3,8-13H2,1-2H3,(H2,21,22,23). The lowest BCUT2D eigenvalue weighted by atomic mass is 9.98. The SMILES string of the molecule is CCNC(=NCc1ccc(C(=O)OC)cc1)NCC(C1CC1)C1CC1. The number of aliphatic imine (C=N–C) groups is 1. The van der Waals surface area contributed by atoms with E-state index in [4.69, 9.17) is 4.74 Å². The number of nitrogens with one attached hydrogen (secondary N) is 2. The van der Waals surface area contributed by atoms with Gasteiger partial charge in [0.05, 0.1) is 19.2 Å². The second kappa shape index (κ2) is 8.37. The first-order chi connectivity index (χ1) is 12.2. The first-order valence-corrected chi connectivity index (χ1v) is 9.40. The second-order valence-corrected chi connectivity index (χ2v) is 7.10. The Labute approximate surface area is 150 Å². The van der Waals surface area contributed by atoms with Crippen LogP contribution in [0.15, 0.2) is 29.3 Å². The van der Waals surface area contributed by atoms with Gasteiger partial charge in [-0.05, 0) is 68.1 Å². The van der Waals surface area contributed by atoms with E-state index in [1.807, 2.05) is 12.1 Å². The van der Waals surface area contributed by atoms with Crippen molar-refractivity contribution >= 4 is 11.9 Å². The lowest BCUT2D eigenvalue weighted by molar-refractivity contribution is 0.0600. The molecule has 0 radical (unpaired) electrons. The van der Waals surface area contributed by atoms with Crippen molar-refractivity contribution < 1.29 is 9.53 Å². The highest BCUT2D eigenvalue weighted by Crippen LogP contribution is 2.48. The Kier molecular flexibility index (Phi) is 5.95. The first-order valence-electron chi connectivity index (χ1n) is 9.40. The van der Waals surface area contributed by atoms with E-state index in [1.54, 1.807) is 12.1 Å². The molecule has 0 saturated heterocycles. The maximum atomic E-state index is 11.5. The molecule has 2 saturated carbocycles. The summed E-state index contributed by atoms with van der Waals surface area (Å²) in [5, 5.41) is 6.87. The molecule has 25 heavy (non-hydrogen) atoms. The summed E-state index contributed by atoms with van der Waals surface area (Å²) < 4.78 is 4.72. The maximum Gasteiger partial charge on any atom is 0.337 e. The van der Waals surface area contributed by atoms with Gasteiger partial charge in [-0.3, -0.25) is 0 Å². The van der Waals surface area contributed by atoms with Crippen LogP contribution in [-0.4, -0.2) is 32.1 Å². The van der Waals surface area contributed by atoms with E-state index in [0.717, 1.165) is 42.4 Å². The molecule has 3 rings (SSSR count). The van der Waals surface area contributed by atoms with Gasteiger partial charge < -0.3 is 15.4 Å². The second-order valence-electron chi connectivity index (χ2n) is 7.10. The van der Waals surface area contributed by atoms with Crippen molar-refractivity contribution in [1.29, 1.82) is 0 Å². The van der Waals surface area contributed by atoms with Crippen LogP contribution in [0.25, 0.3) is 0 Å². The lowest BCUT2D eigenvalue weighted by Gasteiger charge is -2.18. The Balaban J connectivity index is 1.54. The molecule has 2 aliphatic rings. The highest BCUT2D eigenvalue weighted by molar-refractivity contribution is 5.89. The fourth-order valence-corrected chi connectivity index (χ4v) is 3.36. The van der Waals surface area contributed by atoms with Gasteiger partial charge >= 0.3 is 5.97 Å². The van der Waals surface area contributed by atoms with Crippen molar-refractivity contribution in [3.63, 3.8) is 0 Å². The molecule has 0 unspecified atom stereocenters. The summed E-state index contributed by atoms with van der Waals surface area (Å²) in [5.41, 5.74) is 1.64. The number of hydrogen-bond acceptors (Lipinski definition) is 3. The number of methoxy groups -OCH3 is 1. The Morgan fingerprint density at radius 2 is 1.80 bits per heavy atom. The summed E-state index contributed by atoms with van der Waals surface area (Å²) in [6.07, 6.45) is 5.62. The van der Waals surface area contributed by atoms with E-state index >= 15 is 0 Å². The van der Waals surface area contributed by atoms with Gasteiger partial charge in [-0.1, -0.05) is 12.1 Å². The number of guanidine groups is 1. The molecule has 0 spiro atoms. The van der Waals surface area contributed by atoms with Crippen LogP contribution >= 0.6 is 0 Å². The topological polar surface area (TPSA) is 62.7 Å². The number of carbonyl (C=O) groups excluding carboxylic acids is 1. The minimum absolute atomic E-state index is 0.309. The summed E-state index contributed by atoms with van der Waals surface area (Å²) >= 11 is 0. The molecular weight excluding hydrogens is 314 g/mol. The third kappa shape index (κ3) is 5.21. The Bertz CT molecular complexity index is 592. The van der Waals surface area contributed by atoms with E-state index in [-0.39, 0.29) is 5.97 Å². The normalized spacial score (nSPS) is 17.5. The molecule has 0 heterocycles. The fraction of sp³-hybridized carbons (Fsp3) is 0.600. The van der Waals surface area contributed by atoms with Crippen LogP contribution in [0.4, 0.5) is 0 Å². The molecule has 136 valence electrons. The number of nitrogens with zero attached hydrogens (tertiary/aromatic N) is 1. The van der Waals surface area contributed by atoms with Crippen LogP contribution in [0.1, 0.15) is 48.5 Å². The first kappa shape index (κ1) is 17.8. The summed E-state index contributed by atoms with van der Waals surface area (Å²) in [6, 6.07) is 7.42. The van der Waals surface area contributed by atoms with Crippen LogP contribution in [0, 0.1) is 17.8 Å². The molecule has 0 atom stereocenters. The zero-order valence-electron chi connectivity index (χ0n) is 15.3. The number of esters is 1. The van der Waals surface area contributed by atoms with Crippen molar-refractivity contribution in [1.82, 2.24) is 10.6 Å². The molecule has 0 bridgehead atoms. The Morgan fingerprint density at radius 1 is 1.16 bits per heavy atom. The number of ether oxygens (including phenoxy) is 1. The number of rotatable bonds is 8. The third-order valence-corrected chi connectivity index (χ3v) is 5.10. The number of hydrogen-bond donors (Lipinski definition) is 2. The van der Waals surface area contributed by atoms with Gasteiger partial charge in [0, 0.05) is 13.1 Å². The van der Waals surface area contributed by atoms with Crippen LogP contribution in [0.2, 0.25) is 0 Å². The van der Waals surface area contributed by atoms with Gasteiger partial charge in [0.15, 0.2) is 5.96 Å². The molecule has 1 aromatic rings. The van der Waals surface area contributed by atoms with Gasteiger partial charge in [-0.25, -0.2) is 9.79 Å². The van der Waals surface area contributed by atoms with Crippen LogP contribution in [0.5, 0.6) is 0 Å². The van der Waals surface area contributed by atoms with Crippen molar-refractivity contribution in [2.75, 3.05) is 20.2 Å². The van der Waals surface area contributed by atoms with Crippen LogP contribution in [-0.2, 0) is 11.3 Å². The maximum absolute atomic E-state index is 11.5. The monoisotopic (exact) mass is 343 g/mol. The quantitative estimate of drug-likeness (QED) is 0.433. The summed E-state index contributed by atoms with van der Waals surface area (Å²) in [5.74, 6) is 3.27. The van der Waals surface area contributed by atoms with Crippen molar-refractivity contribution in [2.24, 2.45) is 22.7 Å². The minimum Gasteiger partial charge on any atom is -0.465 e. The highest BCUT2D eigenvalue weighted by atomic mass is 16.5. The molecule has 5 nitrogen and oxygen atoms in total. The van der Waals surface area contributed by atoms with Crippen molar-refractivity contribution in [3.8, 4) is 0 Å². The predicted octanol–water partition coefficient (Wildman–Crippen LogP) is 2.96. The molecule has 0 aromatic heterocycles. The van der Waals surface area contributed by atoms with Gasteiger partial charge in [0.2, 0.25) is 0 Å². The van der Waals surface area contributed by atoms with Gasteiger partial charge in [-0.2, -0.15) is 0 Å². The number of carbonyl (C=O) groups is 1. The molecule has 1 aromatic carbocycles. The molecule has 0 aliphatic heterocycles. The van der Waals surface area contributed by atoms with Crippen LogP contribution < -0.4 is 10.6 Å². The van der Waals surface area contributed by atoms with E-state index in [9.17, 15) is 4.79 Å². The van der Waals surface area contributed by atoms with Crippen molar-refractivity contribution in [3.05, 3.63) is 35.4 Å². The lowest BCUT2D eigenvalue weighted by Crippen LogP contribution is -2.40. The third-order valence-electron chi connectivity index (χ3n) is 5.10. The summed E-state index contributed by atoms with van der Waals surface area (Å²) in [7, 11) is 1.39. The van der Waals surface area contributed by atoms with E-state index in [1.165, 1.54) is 32.8 Å².